The molecule has 26 heavy (non-hydrogen) atoms. The summed E-state index contributed by atoms with van der Waals surface area (Å²) in [5, 5.41) is 4.76. The van der Waals surface area contributed by atoms with Crippen molar-refractivity contribution in [3.8, 4) is 23.0 Å². The third kappa shape index (κ3) is 3.36. The molecule has 0 aliphatic carbocycles. The van der Waals surface area contributed by atoms with E-state index in [-0.39, 0.29) is 5.97 Å². The molecule has 1 N–H and O–H groups in total. The highest BCUT2D eigenvalue weighted by Crippen LogP contribution is 2.53. The van der Waals surface area contributed by atoms with Crippen LogP contribution in [-0.2, 0) is 11.2 Å². The van der Waals surface area contributed by atoms with Gasteiger partial charge >= 0.3 is 5.97 Å². The van der Waals surface area contributed by atoms with Crippen molar-refractivity contribution in [3.63, 3.8) is 0 Å². The molecule has 0 fully saturated rings. The van der Waals surface area contributed by atoms with Gasteiger partial charge in [-0.1, -0.05) is 19.9 Å². The van der Waals surface area contributed by atoms with Gasteiger partial charge in [0.05, 0.1) is 26.7 Å². The van der Waals surface area contributed by atoms with E-state index in [4.69, 9.17) is 18.9 Å². The Morgan fingerprint density at radius 1 is 0.962 bits per heavy atom. The smallest absolute Gasteiger partial charge is 0.311 e. The molecule has 0 radical (unpaired) electrons. The van der Waals surface area contributed by atoms with Crippen molar-refractivity contribution >= 4 is 22.4 Å². The van der Waals surface area contributed by atoms with Crippen LogP contribution in [-0.4, -0.2) is 34.3 Å². The number of nitrogens with one attached hydrogen (secondary N) is 1. The molecule has 0 aliphatic heterocycles. The number of rotatable bonds is 8. The van der Waals surface area contributed by atoms with Gasteiger partial charge in [-0.3, -0.25) is 4.79 Å². The molecule has 0 saturated heterocycles. The van der Waals surface area contributed by atoms with Gasteiger partial charge in [-0.2, -0.15) is 0 Å². The molecular weight excluding hydrogens is 334 g/mol. The van der Waals surface area contributed by atoms with Crippen molar-refractivity contribution in [1.29, 1.82) is 0 Å². The highest BCUT2D eigenvalue weighted by molar-refractivity contribution is 6.07. The van der Waals surface area contributed by atoms with Crippen LogP contribution >= 0.6 is 0 Å². The summed E-state index contributed by atoms with van der Waals surface area (Å²) in [5.74, 6) is 1.30. The number of methoxy groups -OCH3 is 3. The fourth-order valence-electron chi connectivity index (χ4n) is 3.13. The summed E-state index contributed by atoms with van der Waals surface area (Å²) in [5.41, 5.74) is 1.98. The number of anilines is 1. The van der Waals surface area contributed by atoms with Crippen LogP contribution < -0.4 is 24.3 Å². The summed E-state index contributed by atoms with van der Waals surface area (Å²) in [6.45, 7) is 4.00. The SMILES string of the molecule is CCCC(=O)Oc1c(OC)c(OC)c(OC)c2ccc(CC)c(NC)c12. The van der Waals surface area contributed by atoms with E-state index >= 15 is 0 Å². The topological polar surface area (TPSA) is 66.0 Å². The number of ether oxygens (including phenoxy) is 4. The minimum Gasteiger partial charge on any atom is -0.492 e. The molecule has 0 aliphatic rings. The van der Waals surface area contributed by atoms with Crippen LogP contribution in [0.15, 0.2) is 12.1 Å². The number of esters is 1. The molecule has 0 saturated carbocycles. The summed E-state index contributed by atoms with van der Waals surface area (Å²) in [7, 11) is 6.47. The van der Waals surface area contributed by atoms with Crippen molar-refractivity contribution in [1.82, 2.24) is 0 Å². The van der Waals surface area contributed by atoms with E-state index in [1.807, 2.05) is 26.1 Å². The van der Waals surface area contributed by atoms with Gasteiger partial charge in [-0.25, -0.2) is 0 Å². The lowest BCUT2D eigenvalue weighted by molar-refractivity contribution is -0.134. The predicted octanol–water partition coefficient (Wildman–Crippen LogP) is 4.18. The maximum absolute atomic E-state index is 12.3. The van der Waals surface area contributed by atoms with E-state index < -0.39 is 0 Å². The summed E-state index contributed by atoms with van der Waals surface area (Å²) in [6.07, 6.45) is 1.85. The Kier molecular flexibility index (Phi) is 6.55. The van der Waals surface area contributed by atoms with E-state index in [9.17, 15) is 4.79 Å². The molecule has 2 aromatic carbocycles. The molecule has 0 heterocycles. The minimum atomic E-state index is -0.316. The van der Waals surface area contributed by atoms with Gasteiger partial charge in [0.1, 0.15) is 0 Å². The van der Waals surface area contributed by atoms with Crippen LogP contribution in [0, 0.1) is 0 Å². The number of aryl methyl sites for hydroxylation is 1. The lowest BCUT2D eigenvalue weighted by Crippen LogP contribution is -2.10. The largest absolute Gasteiger partial charge is 0.492 e. The molecule has 0 amide bonds. The monoisotopic (exact) mass is 361 g/mol. The van der Waals surface area contributed by atoms with E-state index in [2.05, 4.69) is 12.2 Å². The summed E-state index contributed by atoms with van der Waals surface area (Å²) >= 11 is 0. The number of carbonyl (C=O) groups excluding carboxylic acids is 1. The van der Waals surface area contributed by atoms with Crippen molar-refractivity contribution in [2.45, 2.75) is 33.1 Å². The molecule has 0 spiro atoms. The minimum absolute atomic E-state index is 0.316. The van der Waals surface area contributed by atoms with Crippen LogP contribution in [0.25, 0.3) is 10.8 Å². The average Bonchev–Trinajstić information content (AvgIpc) is 2.66. The van der Waals surface area contributed by atoms with Crippen LogP contribution in [0.3, 0.4) is 0 Å². The fourth-order valence-corrected chi connectivity index (χ4v) is 3.13. The van der Waals surface area contributed by atoms with E-state index in [1.165, 1.54) is 14.2 Å². The number of hydrogen-bond donors (Lipinski definition) is 1. The molecule has 0 unspecified atom stereocenters. The summed E-state index contributed by atoms with van der Waals surface area (Å²) in [6, 6.07) is 3.98. The first kappa shape index (κ1) is 19.7. The fraction of sp³-hybridized carbons (Fsp3) is 0.450. The van der Waals surface area contributed by atoms with E-state index in [0.29, 0.717) is 35.8 Å². The Morgan fingerprint density at radius 3 is 2.08 bits per heavy atom. The zero-order chi connectivity index (χ0) is 19.3. The molecule has 2 rings (SSSR count). The van der Waals surface area contributed by atoms with Gasteiger partial charge in [0.15, 0.2) is 11.5 Å². The summed E-state index contributed by atoms with van der Waals surface area (Å²) in [4.78, 5) is 12.3. The lowest BCUT2D eigenvalue weighted by atomic mass is 9.99. The predicted molar refractivity (Wildman–Crippen MR) is 103 cm³/mol. The number of hydrogen-bond acceptors (Lipinski definition) is 6. The van der Waals surface area contributed by atoms with Crippen molar-refractivity contribution in [2.24, 2.45) is 0 Å². The molecule has 0 aromatic heterocycles. The lowest BCUT2D eigenvalue weighted by Gasteiger charge is -2.22. The molecular formula is C20H27NO5. The van der Waals surface area contributed by atoms with Crippen LogP contribution in [0.5, 0.6) is 23.0 Å². The van der Waals surface area contributed by atoms with Gasteiger partial charge in [0, 0.05) is 24.5 Å². The summed E-state index contributed by atoms with van der Waals surface area (Å²) < 4.78 is 22.4. The van der Waals surface area contributed by atoms with Crippen molar-refractivity contribution in [3.05, 3.63) is 17.7 Å². The van der Waals surface area contributed by atoms with Gasteiger partial charge in [0.2, 0.25) is 11.5 Å². The van der Waals surface area contributed by atoms with Crippen LogP contribution in [0.4, 0.5) is 5.69 Å². The highest BCUT2D eigenvalue weighted by Gasteiger charge is 2.27. The normalized spacial score (nSPS) is 10.5. The Labute approximate surface area is 154 Å². The zero-order valence-corrected chi connectivity index (χ0v) is 16.3. The van der Waals surface area contributed by atoms with Crippen molar-refractivity contribution < 1.29 is 23.7 Å². The molecule has 142 valence electrons. The van der Waals surface area contributed by atoms with Crippen molar-refractivity contribution in [2.75, 3.05) is 33.7 Å². The maximum atomic E-state index is 12.3. The second-order valence-electron chi connectivity index (χ2n) is 5.78. The maximum Gasteiger partial charge on any atom is 0.311 e. The Bertz CT molecular complexity index is 801. The van der Waals surface area contributed by atoms with Gasteiger partial charge in [0.25, 0.3) is 0 Å². The van der Waals surface area contributed by atoms with Crippen LogP contribution in [0.1, 0.15) is 32.3 Å². The van der Waals surface area contributed by atoms with E-state index in [0.717, 1.165) is 28.4 Å². The van der Waals surface area contributed by atoms with Gasteiger partial charge in [-0.15, -0.1) is 0 Å². The van der Waals surface area contributed by atoms with E-state index in [1.54, 1.807) is 7.11 Å². The quantitative estimate of drug-likeness (QED) is 0.562. The van der Waals surface area contributed by atoms with Gasteiger partial charge < -0.3 is 24.3 Å². The van der Waals surface area contributed by atoms with Gasteiger partial charge in [-0.05, 0) is 24.5 Å². The first-order valence-electron chi connectivity index (χ1n) is 8.73. The molecule has 6 heteroatoms. The Balaban J connectivity index is 2.96. The molecule has 0 atom stereocenters. The molecule has 2 aromatic rings. The third-order valence-electron chi connectivity index (χ3n) is 4.30. The number of benzene rings is 2. The Hall–Kier alpha value is -2.63. The number of carbonyl (C=O) groups is 1. The molecule has 6 nitrogen and oxygen atoms in total. The Morgan fingerprint density at radius 2 is 1.58 bits per heavy atom. The third-order valence-corrected chi connectivity index (χ3v) is 4.30. The van der Waals surface area contributed by atoms with Crippen LogP contribution in [0.2, 0.25) is 0 Å². The second kappa shape index (κ2) is 8.65. The second-order valence-corrected chi connectivity index (χ2v) is 5.78. The number of fused-ring (bicyclic) bond motifs is 1. The zero-order valence-electron chi connectivity index (χ0n) is 16.3. The first-order valence-corrected chi connectivity index (χ1v) is 8.73. The molecule has 0 bridgehead atoms. The first-order chi connectivity index (χ1) is 12.6. The average molecular weight is 361 g/mol. The standard InChI is InChI=1S/C20H27NO5/c1-7-9-14(22)26-18-15-13(11-10-12(8-2)16(15)21-3)17(23-4)19(24-5)20(18)25-6/h10-11,21H,7-9H2,1-6H3. The highest BCUT2D eigenvalue weighted by atomic mass is 16.6.